The van der Waals surface area contributed by atoms with Crippen molar-refractivity contribution in [1.82, 2.24) is 29.9 Å². The van der Waals surface area contributed by atoms with Crippen LogP contribution in [0, 0.1) is 12.7 Å². The second-order valence-corrected chi connectivity index (χ2v) is 11.4. The van der Waals surface area contributed by atoms with Crippen molar-refractivity contribution in [2.45, 2.75) is 58.4 Å². The molecule has 17 heteroatoms. The van der Waals surface area contributed by atoms with Crippen molar-refractivity contribution in [2.24, 2.45) is 0 Å². The number of alkyl halides is 3. The second-order valence-electron chi connectivity index (χ2n) is 9.46. The van der Waals surface area contributed by atoms with Gasteiger partial charge in [-0.15, -0.1) is 26.9 Å². The molecule has 0 bridgehead atoms. The Bertz CT molecular complexity index is 1440. The number of carbonyl (C=O) groups is 2. The van der Waals surface area contributed by atoms with Gasteiger partial charge in [-0.1, -0.05) is 43.7 Å². The van der Waals surface area contributed by atoms with Gasteiger partial charge in [-0.05, 0) is 31.5 Å². The average molecular weight is 641 g/mol. The highest BCUT2D eigenvalue weighted by atomic mass is 35.5. The number of urea groups is 1. The third kappa shape index (κ3) is 8.42. The Morgan fingerprint density at radius 2 is 1.88 bits per heavy atom. The highest BCUT2D eigenvalue weighted by Crippen LogP contribution is 2.29. The minimum absolute atomic E-state index is 0.0283. The Hall–Kier alpha value is -3.17. The van der Waals surface area contributed by atoms with Crippen molar-refractivity contribution in [3.63, 3.8) is 0 Å². The molecule has 11 nitrogen and oxygen atoms in total. The topological polar surface area (TPSA) is 124 Å². The van der Waals surface area contributed by atoms with E-state index in [0.29, 0.717) is 9.81 Å². The van der Waals surface area contributed by atoms with Gasteiger partial charge in [0.25, 0.3) is 0 Å². The van der Waals surface area contributed by atoms with E-state index < -0.39 is 29.4 Å². The van der Waals surface area contributed by atoms with Crippen LogP contribution in [0.4, 0.5) is 23.1 Å². The molecule has 41 heavy (non-hydrogen) atoms. The number of rotatable bonds is 7. The van der Waals surface area contributed by atoms with Crippen LogP contribution < -0.4 is 15.9 Å². The van der Waals surface area contributed by atoms with E-state index in [-0.39, 0.29) is 51.1 Å². The van der Waals surface area contributed by atoms with E-state index in [1.54, 1.807) is 21.0 Å². The molecular weight excluding hydrogens is 610 g/mol. The van der Waals surface area contributed by atoms with E-state index in [9.17, 15) is 27.6 Å². The van der Waals surface area contributed by atoms with Crippen LogP contribution in [-0.4, -0.2) is 62.6 Å². The lowest BCUT2D eigenvalue weighted by Gasteiger charge is -2.13. The molecule has 0 saturated heterocycles. The highest BCUT2D eigenvalue weighted by Gasteiger charge is 2.24. The maximum atomic E-state index is 14.2. The van der Waals surface area contributed by atoms with Crippen LogP contribution in [0.5, 0.6) is 0 Å². The molecule has 0 radical (unpaired) electrons. The molecule has 2 aromatic heterocycles. The Balaban J connectivity index is 0.000000333. The van der Waals surface area contributed by atoms with Gasteiger partial charge in [-0.3, -0.25) is 9.69 Å². The van der Waals surface area contributed by atoms with Crippen LogP contribution >= 0.6 is 34.5 Å². The lowest BCUT2D eigenvalue weighted by molar-refractivity contribution is -0.142. The number of hydrogen-bond acceptors (Lipinski definition) is 8. The van der Waals surface area contributed by atoms with Gasteiger partial charge in [-0.2, -0.15) is 13.5 Å². The minimum Gasteiger partial charge on any atom is -0.465 e. The van der Waals surface area contributed by atoms with Gasteiger partial charge in [0.15, 0.2) is 5.82 Å². The molecule has 2 amide bonds. The summed E-state index contributed by atoms with van der Waals surface area (Å²) >= 11 is 13.3. The van der Waals surface area contributed by atoms with Gasteiger partial charge < -0.3 is 10.1 Å². The zero-order chi connectivity index (χ0) is 31.2. The number of nitrogens with one attached hydrogen (secondary N) is 1. The zero-order valence-corrected chi connectivity index (χ0v) is 25.7. The van der Waals surface area contributed by atoms with E-state index in [0.717, 1.165) is 17.1 Å². The molecule has 3 aromatic rings. The number of carbonyl (C=O) groups excluding carboxylic acids is 2. The lowest BCUT2D eigenvalue weighted by Crippen LogP contribution is -2.34. The van der Waals surface area contributed by atoms with Crippen molar-refractivity contribution in [3.8, 4) is 5.69 Å². The number of benzene rings is 1. The SMILES string of the molecule is CCOC(=O)C(Cl)Cc1cc(-n2nc(C)n(C(F)F)c2=O)c(F)cc1Cl.CNC(=O)N(C)c1nnc(C(C)(C)C)s1. The first-order valence-corrected chi connectivity index (χ1v) is 13.7. The maximum Gasteiger partial charge on any atom is 0.355 e. The van der Waals surface area contributed by atoms with E-state index >= 15 is 0 Å². The second kappa shape index (κ2) is 14.1. The summed E-state index contributed by atoms with van der Waals surface area (Å²) in [7, 11) is 3.26. The van der Waals surface area contributed by atoms with E-state index in [1.807, 2.05) is 0 Å². The summed E-state index contributed by atoms with van der Waals surface area (Å²) in [5, 5.41) is 14.6. The lowest BCUT2D eigenvalue weighted by atomic mass is 9.98. The quantitative estimate of drug-likeness (QED) is 0.289. The van der Waals surface area contributed by atoms with Gasteiger partial charge in [0.05, 0.1) is 6.61 Å². The number of anilines is 1. The fraction of sp³-hybridized carbons (Fsp3) is 0.500. The van der Waals surface area contributed by atoms with Crippen molar-refractivity contribution < 1.29 is 27.5 Å². The molecule has 0 fully saturated rings. The van der Waals surface area contributed by atoms with Gasteiger partial charge in [0, 0.05) is 31.0 Å². The summed E-state index contributed by atoms with van der Waals surface area (Å²) in [6.07, 6.45) is -0.115. The Morgan fingerprint density at radius 3 is 2.37 bits per heavy atom. The number of halogens is 5. The first kappa shape index (κ1) is 34.0. The summed E-state index contributed by atoms with van der Waals surface area (Å²) in [5.74, 6) is -1.92. The standard InChI is InChI=1S/C15H14Cl2F3N3O3.C9H16N4OS/c1-3-26-13(24)10(17)4-8-5-12(11(18)6-9(8)16)23-15(25)22(14(19)20)7(2)21-23;1-9(2,3)6-11-12-8(15-6)13(5)7(14)10-4/h5-6,10,14H,3-4H2,1-2H3;1-5H3,(H,10,14). The predicted octanol–water partition coefficient (Wildman–Crippen LogP) is 4.85. The first-order valence-electron chi connectivity index (χ1n) is 12.1. The van der Waals surface area contributed by atoms with Crippen LogP contribution in [-0.2, 0) is 21.4 Å². The zero-order valence-electron chi connectivity index (χ0n) is 23.3. The Labute approximate surface area is 248 Å². The molecule has 0 aliphatic carbocycles. The van der Waals surface area contributed by atoms with Gasteiger partial charge >= 0.3 is 24.2 Å². The van der Waals surface area contributed by atoms with Crippen molar-refractivity contribution in [1.29, 1.82) is 0 Å². The molecule has 3 rings (SSSR count). The van der Waals surface area contributed by atoms with Crippen molar-refractivity contribution in [2.75, 3.05) is 25.6 Å². The van der Waals surface area contributed by atoms with Crippen LogP contribution in [0.3, 0.4) is 0 Å². The van der Waals surface area contributed by atoms with Crippen LogP contribution in [0.25, 0.3) is 5.69 Å². The summed E-state index contributed by atoms with van der Waals surface area (Å²) in [6, 6.07) is 1.84. The molecule has 226 valence electrons. The number of amides is 2. The van der Waals surface area contributed by atoms with E-state index in [1.165, 1.54) is 23.2 Å². The number of aryl methyl sites for hydroxylation is 1. The monoisotopic (exact) mass is 639 g/mol. The van der Waals surface area contributed by atoms with Crippen LogP contribution in [0.1, 0.15) is 50.6 Å². The fourth-order valence-electron chi connectivity index (χ4n) is 3.18. The highest BCUT2D eigenvalue weighted by molar-refractivity contribution is 7.15. The van der Waals surface area contributed by atoms with Gasteiger partial charge in [0.2, 0.25) is 5.13 Å². The molecule has 1 N–H and O–H groups in total. The van der Waals surface area contributed by atoms with Crippen LogP contribution in [0.2, 0.25) is 5.02 Å². The molecule has 2 heterocycles. The molecule has 0 aliphatic heterocycles. The summed E-state index contributed by atoms with van der Waals surface area (Å²) in [6.45, 7) is 6.00. The number of aromatic nitrogens is 5. The normalized spacial score (nSPS) is 12.0. The maximum absolute atomic E-state index is 14.2. The number of hydrogen-bond donors (Lipinski definition) is 1. The van der Waals surface area contributed by atoms with E-state index in [2.05, 4.69) is 41.4 Å². The third-order valence-corrected chi connectivity index (χ3v) is 7.43. The molecule has 0 aliphatic rings. The molecule has 1 aromatic carbocycles. The molecule has 1 atom stereocenters. The average Bonchev–Trinajstić information content (AvgIpc) is 3.50. The Kier molecular flexibility index (Phi) is 11.7. The molecule has 0 saturated carbocycles. The summed E-state index contributed by atoms with van der Waals surface area (Å²) in [4.78, 5) is 36.5. The number of ether oxygens (including phenoxy) is 1. The predicted molar refractivity (Wildman–Crippen MR) is 150 cm³/mol. The molecular formula is C24H30Cl2F3N7O4S. The minimum atomic E-state index is -3.12. The number of esters is 1. The summed E-state index contributed by atoms with van der Waals surface area (Å²) in [5.41, 5.74) is -1.39. The first-order chi connectivity index (χ1) is 19.0. The van der Waals surface area contributed by atoms with E-state index in [4.69, 9.17) is 27.9 Å². The Morgan fingerprint density at radius 1 is 1.24 bits per heavy atom. The summed E-state index contributed by atoms with van der Waals surface area (Å²) < 4.78 is 45.5. The fourth-order valence-corrected chi connectivity index (χ4v) is 4.49. The number of nitrogens with zero attached hydrogens (tertiary/aromatic N) is 6. The van der Waals surface area contributed by atoms with Crippen molar-refractivity contribution >= 4 is 51.7 Å². The van der Waals surface area contributed by atoms with Gasteiger partial charge in [0.1, 0.15) is 21.9 Å². The van der Waals surface area contributed by atoms with Crippen LogP contribution in [0.15, 0.2) is 16.9 Å². The molecule has 0 spiro atoms. The largest absolute Gasteiger partial charge is 0.465 e. The van der Waals surface area contributed by atoms with Crippen molar-refractivity contribution in [3.05, 3.63) is 49.9 Å². The third-order valence-electron chi connectivity index (χ3n) is 5.32. The van der Waals surface area contributed by atoms with Gasteiger partial charge in [-0.25, -0.2) is 18.5 Å². The smallest absolute Gasteiger partial charge is 0.355 e. The molecule has 1 unspecified atom stereocenters.